The number of hydrogen-bond donors (Lipinski definition) is 3. The fourth-order valence-electron chi connectivity index (χ4n) is 6.56. The molecule has 3 aromatic carbocycles. The Bertz CT molecular complexity index is 2270. The van der Waals surface area contributed by atoms with Crippen molar-refractivity contribution in [3.05, 3.63) is 115 Å². The minimum absolute atomic E-state index is 0.107. The summed E-state index contributed by atoms with van der Waals surface area (Å²) in [7, 11) is 0. The van der Waals surface area contributed by atoms with E-state index in [4.69, 9.17) is 4.74 Å². The maximum atomic E-state index is 14.8. The number of anilines is 1. The van der Waals surface area contributed by atoms with E-state index in [1.54, 1.807) is 18.6 Å². The monoisotopic (exact) mass is 651 g/mol. The van der Waals surface area contributed by atoms with Gasteiger partial charge in [-0.3, -0.25) is 19.8 Å². The van der Waals surface area contributed by atoms with E-state index in [1.165, 1.54) is 25.0 Å². The van der Waals surface area contributed by atoms with Gasteiger partial charge in [-0.1, -0.05) is 36.4 Å². The molecule has 49 heavy (non-hydrogen) atoms. The van der Waals surface area contributed by atoms with Gasteiger partial charge in [0.2, 0.25) is 5.91 Å². The summed E-state index contributed by atoms with van der Waals surface area (Å²) in [6, 6.07) is 26.3. The Morgan fingerprint density at radius 2 is 1.78 bits per heavy atom. The van der Waals surface area contributed by atoms with Crippen molar-refractivity contribution in [3.63, 3.8) is 0 Å². The quantitative estimate of drug-likeness (QED) is 0.140. The minimum atomic E-state index is -0.352. The lowest BCUT2D eigenvalue weighted by Gasteiger charge is -2.15. The Kier molecular flexibility index (Phi) is 8.28. The first-order chi connectivity index (χ1) is 24.1. The van der Waals surface area contributed by atoms with Crippen molar-refractivity contribution < 1.29 is 13.9 Å². The number of ether oxygens (including phenoxy) is 1. The van der Waals surface area contributed by atoms with Crippen LogP contribution >= 0.6 is 0 Å². The second kappa shape index (κ2) is 13.3. The minimum Gasteiger partial charge on any atom is -0.492 e. The highest BCUT2D eigenvalue weighted by atomic mass is 19.1. The lowest BCUT2D eigenvalue weighted by molar-refractivity contribution is -0.115. The molecular weight excluding hydrogens is 617 g/mol. The number of benzene rings is 3. The van der Waals surface area contributed by atoms with Crippen LogP contribution in [0.4, 0.5) is 10.1 Å². The average molecular weight is 652 g/mol. The van der Waals surface area contributed by atoms with Crippen LogP contribution in [0.3, 0.4) is 0 Å². The van der Waals surface area contributed by atoms with Crippen LogP contribution in [0.5, 0.6) is 5.75 Å². The zero-order valence-corrected chi connectivity index (χ0v) is 26.7. The summed E-state index contributed by atoms with van der Waals surface area (Å²) in [5, 5.41) is 12.5. The standard InChI is InChI=1S/C39H34FN7O2/c40-29-17-27(19-31(21-29)49-15-14-47-12-4-5-13-47)32-10-11-42-39-33(32)22-36(44-39)38-34-20-26(8-9-35(34)45-46-38)28-18-30(24-41-23-28)43-37(48)16-25-6-2-1-3-7-25/h1-3,6-11,17-24H,4-5,12-16H2,(H,42,44)(H,43,48)(H,45,46). The third-order valence-electron chi connectivity index (χ3n) is 8.97. The Hall–Kier alpha value is -5.87. The van der Waals surface area contributed by atoms with Crippen LogP contribution in [-0.4, -0.2) is 62.2 Å². The summed E-state index contributed by atoms with van der Waals surface area (Å²) >= 11 is 0. The molecule has 1 aliphatic heterocycles. The Morgan fingerprint density at radius 3 is 2.65 bits per heavy atom. The fraction of sp³-hybridized carbons (Fsp3) is 0.179. The molecule has 1 fully saturated rings. The smallest absolute Gasteiger partial charge is 0.228 e. The molecule has 0 spiro atoms. The fourth-order valence-corrected chi connectivity index (χ4v) is 6.56. The number of aromatic nitrogens is 5. The zero-order chi connectivity index (χ0) is 33.2. The number of hydrogen-bond acceptors (Lipinski definition) is 6. The third-order valence-corrected chi connectivity index (χ3v) is 8.97. The number of halogens is 1. The number of pyridine rings is 2. The maximum Gasteiger partial charge on any atom is 0.228 e. The van der Waals surface area contributed by atoms with E-state index in [0.29, 0.717) is 29.3 Å². The second-order valence-electron chi connectivity index (χ2n) is 12.4. The van der Waals surface area contributed by atoms with Crippen molar-refractivity contribution in [1.82, 2.24) is 30.0 Å². The van der Waals surface area contributed by atoms with Gasteiger partial charge < -0.3 is 15.0 Å². The number of fused-ring (bicyclic) bond motifs is 2. The molecule has 7 aromatic rings. The summed E-state index contributed by atoms with van der Waals surface area (Å²) in [5.41, 5.74) is 7.95. The third kappa shape index (κ3) is 6.63. The maximum absolute atomic E-state index is 14.8. The number of nitrogens with one attached hydrogen (secondary N) is 3. The number of nitrogens with zero attached hydrogens (tertiary/aromatic N) is 4. The van der Waals surface area contributed by atoms with Crippen molar-refractivity contribution >= 4 is 33.5 Å². The molecule has 5 heterocycles. The number of likely N-dealkylation sites (tertiary alicyclic amines) is 1. The molecule has 4 aromatic heterocycles. The molecule has 3 N–H and O–H groups in total. The summed E-state index contributed by atoms with van der Waals surface area (Å²) < 4.78 is 20.8. The molecule has 0 radical (unpaired) electrons. The number of H-pyrrole nitrogens is 2. The van der Waals surface area contributed by atoms with Crippen molar-refractivity contribution in [3.8, 4) is 39.4 Å². The van der Waals surface area contributed by atoms with E-state index in [9.17, 15) is 9.18 Å². The average Bonchev–Trinajstić information content (AvgIpc) is 3.88. The van der Waals surface area contributed by atoms with Crippen molar-refractivity contribution in [1.29, 1.82) is 0 Å². The Balaban J connectivity index is 1.06. The molecule has 0 saturated carbocycles. The van der Waals surface area contributed by atoms with Gasteiger partial charge >= 0.3 is 0 Å². The zero-order valence-electron chi connectivity index (χ0n) is 26.7. The van der Waals surface area contributed by atoms with E-state index in [2.05, 4.69) is 41.4 Å². The molecule has 1 amide bonds. The van der Waals surface area contributed by atoms with E-state index < -0.39 is 0 Å². The first kappa shape index (κ1) is 30.5. The molecular formula is C39H34FN7O2. The summed E-state index contributed by atoms with van der Waals surface area (Å²) in [6.07, 6.45) is 7.86. The predicted molar refractivity (Wildman–Crippen MR) is 190 cm³/mol. The van der Waals surface area contributed by atoms with Crippen LogP contribution in [0.2, 0.25) is 0 Å². The SMILES string of the molecule is O=C(Cc1ccccc1)Nc1cncc(-c2ccc3[nH]nc(-c4cc5c(-c6cc(F)cc(OCCN7CCCC7)c6)ccnc5[nH]4)c3c2)c1. The Morgan fingerprint density at radius 1 is 0.898 bits per heavy atom. The second-order valence-corrected chi connectivity index (χ2v) is 12.4. The first-order valence-corrected chi connectivity index (χ1v) is 16.5. The number of aromatic amines is 2. The lowest BCUT2D eigenvalue weighted by atomic mass is 10.0. The highest BCUT2D eigenvalue weighted by molar-refractivity contribution is 6.01. The molecule has 0 aliphatic carbocycles. The highest BCUT2D eigenvalue weighted by Gasteiger charge is 2.17. The Labute approximate surface area is 282 Å². The number of carbonyl (C=O) groups is 1. The molecule has 0 unspecified atom stereocenters. The van der Waals surface area contributed by atoms with Crippen LogP contribution in [0.15, 0.2) is 104 Å². The van der Waals surface area contributed by atoms with Crippen LogP contribution in [0, 0.1) is 5.82 Å². The summed E-state index contributed by atoms with van der Waals surface area (Å²) in [5.74, 6) is 0.0497. The van der Waals surface area contributed by atoms with Crippen LogP contribution in [0.25, 0.3) is 55.6 Å². The lowest BCUT2D eigenvalue weighted by Crippen LogP contribution is -2.25. The van der Waals surface area contributed by atoms with E-state index in [-0.39, 0.29) is 18.1 Å². The predicted octanol–water partition coefficient (Wildman–Crippen LogP) is 7.63. The summed E-state index contributed by atoms with van der Waals surface area (Å²) in [6.45, 7) is 3.53. The molecule has 10 heteroatoms. The molecule has 9 nitrogen and oxygen atoms in total. The van der Waals surface area contributed by atoms with Crippen LogP contribution in [-0.2, 0) is 11.2 Å². The van der Waals surface area contributed by atoms with Crippen molar-refractivity contribution in [2.75, 3.05) is 31.6 Å². The van der Waals surface area contributed by atoms with E-state index in [0.717, 1.165) is 69.6 Å². The topological polar surface area (TPSA) is 112 Å². The van der Waals surface area contributed by atoms with Crippen molar-refractivity contribution in [2.24, 2.45) is 0 Å². The van der Waals surface area contributed by atoms with Gasteiger partial charge in [0.25, 0.3) is 0 Å². The van der Waals surface area contributed by atoms with E-state index >= 15 is 0 Å². The van der Waals surface area contributed by atoms with Gasteiger partial charge in [0.1, 0.15) is 29.5 Å². The molecule has 244 valence electrons. The highest BCUT2D eigenvalue weighted by Crippen LogP contribution is 2.36. The molecule has 1 saturated heterocycles. The van der Waals surface area contributed by atoms with E-state index in [1.807, 2.05) is 66.7 Å². The molecule has 1 aliphatic rings. The van der Waals surface area contributed by atoms with Gasteiger partial charge in [0.15, 0.2) is 0 Å². The van der Waals surface area contributed by atoms with Gasteiger partial charge in [-0.2, -0.15) is 5.10 Å². The number of amides is 1. The van der Waals surface area contributed by atoms with Gasteiger partial charge in [-0.15, -0.1) is 0 Å². The van der Waals surface area contributed by atoms with Crippen molar-refractivity contribution in [2.45, 2.75) is 19.3 Å². The molecule has 0 atom stereocenters. The van der Waals surface area contributed by atoms with Gasteiger partial charge in [-0.05, 0) is 90.6 Å². The van der Waals surface area contributed by atoms with Crippen LogP contribution in [0.1, 0.15) is 18.4 Å². The van der Waals surface area contributed by atoms with Gasteiger partial charge in [0, 0.05) is 41.3 Å². The summed E-state index contributed by atoms with van der Waals surface area (Å²) in [4.78, 5) is 27.5. The first-order valence-electron chi connectivity index (χ1n) is 16.5. The molecule has 0 bridgehead atoms. The van der Waals surface area contributed by atoms with Gasteiger partial charge in [-0.25, -0.2) is 9.37 Å². The normalized spacial score (nSPS) is 13.3. The molecule has 8 rings (SSSR count). The van der Waals surface area contributed by atoms with Crippen LogP contribution < -0.4 is 10.1 Å². The largest absolute Gasteiger partial charge is 0.492 e. The van der Waals surface area contributed by atoms with Gasteiger partial charge in [0.05, 0.1) is 29.5 Å². The number of carbonyl (C=O) groups excluding carboxylic acids is 1. The number of rotatable bonds is 10.